The Kier molecular flexibility index (Phi) is 6.00. The van der Waals surface area contributed by atoms with Crippen LogP contribution in [0.15, 0.2) is 0 Å². The fourth-order valence-corrected chi connectivity index (χ4v) is 4.65. The third kappa shape index (κ3) is 4.17. The average Bonchev–Trinajstić information content (AvgIpc) is 2.92. The molecule has 3 rings (SSSR count). The fraction of sp³-hybridized carbons (Fsp3) is 0.895. The third-order valence-electron chi connectivity index (χ3n) is 6.20. The molecule has 1 unspecified atom stereocenters. The van der Waals surface area contributed by atoms with Crippen LogP contribution >= 0.6 is 0 Å². The lowest BCUT2D eigenvalue weighted by atomic mass is 9.78. The quantitative estimate of drug-likeness (QED) is 0.755. The van der Waals surface area contributed by atoms with Gasteiger partial charge in [0.2, 0.25) is 11.8 Å². The van der Waals surface area contributed by atoms with Crippen molar-refractivity contribution in [2.45, 2.75) is 39.0 Å². The Bertz CT molecular complexity index is 496. The van der Waals surface area contributed by atoms with Crippen LogP contribution in [-0.4, -0.2) is 97.4 Å². The summed E-state index contributed by atoms with van der Waals surface area (Å²) < 4.78 is 0. The van der Waals surface area contributed by atoms with Gasteiger partial charge in [0.25, 0.3) is 0 Å². The lowest BCUT2D eigenvalue weighted by Gasteiger charge is -2.39. The Balaban J connectivity index is 1.56. The average molecular weight is 351 g/mol. The molecule has 3 aliphatic heterocycles. The van der Waals surface area contributed by atoms with E-state index in [0.717, 1.165) is 77.9 Å². The predicted molar refractivity (Wildman–Crippen MR) is 98.3 cm³/mol. The highest BCUT2D eigenvalue weighted by molar-refractivity contribution is 5.86. The van der Waals surface area contributed by atoms with Gasteiger partial charge < -0.3 is 14.7 Å². The maximum absolute atomic E-state index is 13.0. The summed E-state index contributed by atoms with van der Waals surface area (Å²) in [5.74, 6) is 0.508. The molecule has 142 valence electrons. The zero-order valence-corrected chi connectivity index (χ0v) is 16.0. The van der Waals surface area contributed by atoms with Gasteiger partial charge in [0.15, 0.2) is 0 Å². The van der Waals surface area contributed by atoms with Crippen molar-refractivity contribution in [1.29, 1.82) is 0 Å². The van der Waals surface area contributed by atoms with Crippen molar-refractivity contribution < 1.29 is 9.59 Å². The van der Waals surface area contributed by atoms with Crippen LogP contribution in [0.1, 0.15) is 39.0 Å². The first kappa shape index (κ1) is 18.6. The smallest absolute Gasteiger partial charge is 0.236 e. The van der Waals surface area contributed by atoms with E-state index in [0.29, 0.717) is 19.0 Å². The Morgan fingerprint density at radius 1 is 1.04 bits per heavy atom. The molecule has 0 N–H and O–H groups in total. The van der Waals surface area contributed by atoms with Gasteiger partial charge in [-0.25, -0.2) is 0 Å². The van der Waals surface area contributed by atoms with Gasteiger partial charge >= 0.3 is 0 Å². The van der Waals surface area contributed by atoms with Crippen LogP contribution in [0.4, 0.5) is 0 Å². The summed E-state index contributed by atoms with van der Waals surface area (Å²) in [4.78, 5) is 34.3. The van der Waals surface area contributed by atoms with Crippen LogP contribution < -0.4 is 0 Å². The molecule has 0 radical (unpaired) electrons. The monoisotopic (exact) mass is 350 g/mol. The van der Waals surface area contributed by atoms with E-state index in [1.807, 2.05) is 9.80 Å². The molecule has 25 heavy (non-hydrogen) atoms. The number of rotatable bonds is 4. The standard InChI is InChI=1S/C19H34N4O2/c1-3-8-22-11-4-6-19(18(22)25)7-12-23(16-19)17(24)15-21-10-5-9-20(2)13-14-21/h3-16H2,1-2H3. The summed E-state index contributed by atoms with van der Waals surface area (Å²) in [5.41, 5.74) is -0.290. The molecule has 1 spiro atoms. The Hall–Kier alpha value is -1.14. The Morgan fingerprint density at radius 2 is 1.88 bits per heavy atom. The summed E-state index contributed by atoms with van der Waals surface area (Å²) in [6.07, 6.45) is 5.00. The Labute approximate surface area is 152 Å². The van der Waals surface area contributed by atoms with Crippen molar-refractivity contribution in [2.75, 3.05) is 66.0 Å². The molecule has 3 heterocycles. The van der Waals surface area contributed by atoms with Crippen LogP contribution in [0.3, 0.4) is 0 Å². The molecule has 0 aromatic heterocycles. The van der Waals surface area contributed by atoms with Crippen LogP contribution in [0.5, 0.6) is 0 Å². The van der Waals surface area contributed by atoms with Crippen LogP contribution in [-0.2, 0) is 9.59 Å². The van der Waals surface area contributed by atoms with Gasteiger partial charge in [-0.1, -0.05) is 6.92 Å². The van der Waals surface area contributed by atoms with E-state index in [9.17, 15) is 9.59 Å². The summed E-state index contributed by atoms with van der Waals surface area (Å²) in [5, 5.41) is 0. The molecular formula is C19H34N4O2. The second kappa shape index (κ2) is 8.04. The van der Waals surface area contributed by atoms with E-state index >= 15 is 0 Å². The number of carbonyl (C=O) groups is 2. The van der Waals surface area contributed by atoms with Crippen LogP contribution in [0.2, 0.25) is 0 Å². The summed E-state index contributed by atoms with van der Waals surface area (Å²) in [6.45, 7) is 9.87. The molecule has 3 aliphatic rings. The normalized spacial score (nSPS) is 29.4. The van der Waals surface area contributed by atoms with Crippen molar-refractivity contribution in [3.63, 3.8) is 0 Å². The second-order valence-corrected chi connectivity index (χ2v) is 8.17. The SMILES string of the molecule is CCCN1CCCC2(CCN(C(=O)CN3CCCN(C)CC3)C2)C1=O. The second-order valence-electron chi connectivity index (χ2n) is 8.17. The zero-order valence-electron chi connectivity index (χ0n) is 16.0. The van der Waals surface area contributed by atoms with Gasteiger partial charge in [-0.05, 0) is 52.2 Å². The molecule has 0 saturated carbocycles. The summed E-state index contributed by atoms with van der Waals surface area (Å²) in [6, 6.07) is 0. The lowest BCUT2D eigenvalue weighted by molar-refractivity contribution is -0.146. The number of likely N-dealkylation sites (N-methyl/N-ethyl adjacent to an activating group) is 1. The highest BCUT2D eigenvalue weighted by atomic mass is 16.2. The molecular weight excluding hydrogens is 316 g/mol. The van der Waals surface area contributed by atoms with Crippen molar-refractivity contribution in [3.8, 4) is 0 Å². The van der Waals surface area contributed by atoms with E-state index < -0.39 is 0 Å². The maximum atomic E-state index is 13.0. The number of hydrogen-bond acceptors (Lipinski definition) is 4. The van der Waals surface area contributed by atoms with E-state index in [1.165, 1.54) is 0 Å². The van der Waals surface area contributed by atoms with Crippen LogP contribution in [0.25, 0.3) is 0 Å². The van der Waals surface area contributed by atoms with E-state index in [1.54, 1.807) is 0 Å². The first-order valence-electron chi connectivity index (χ1n) is 10.0. The number of likely N-dealkylation sites (tertiary alicyclic amines) is 2. The molecule has 2 amide bonds. The highest BCUT2D eigenvalue weighted by Gasteiger charge is 2.49. The largest absolute Gasteiger partial charge is 0.342 e. The van der Waals surface area contributed by atoms with Gasteiger partial charge in [0.05, 0.1) is 12.0 Å². The highest BCUT2D eigenvalue weighted by Crippen LogP contribution is 2.40. The minimum absolute atomic E-state index is 0.210. The molecule has 0 aliphatic carbocycles. The van der Waals surface area contributed by atoms with E-state index in [2.05, 4.69) is 23.8 Å². The summed E-state index contributed by atoms with van der Waals surface area (Å²) in [7, 11) is 2.15. The zero-order chi connectivity index (χ0) is 17.9. The molecule has 0 aromatic rings. The maximum Gasteiger partial charge on any atom is 0.236 e. The summed E-state index contributed by atoms with van der Waals surface area (Å²) >= 11 is 0. The van der Waals surface area contributed by atoms with Crippen molar-refractivity contribution in [2.24, 2.45) is 5.41 Å². The number of hydrogen-bond donors (Lipinski definition) is 0. The van der Waals surface area contributed by atoms with Crippen LogP contribution in [0, 0.1) is 5.41 Å². The topological polar surface area (TPSA) is 47.1 Å². The van der Waals surface area contributed by atoms with E-state index in [-0.39, 0.29) is 11.3 Å². The van der Waals surface area contributed by atoms with E-state index in [4.69, 9.17) is 0 Å². The molecule has 6 nitrogen and oxygen atoms in total. The number of nitrogens with zero attached hydrogens (tertiary/aromatic N) is 4. The molecule has 3 saturated heterocycles. The number of piperidine rings is 1. The predicted octanol–water partition coefficient (Wildman–Crippen LogP) is 0.875. The first-order valence-corrected chi connectivity index (χ1v) is 10.0. The van der Waals surface area contributed by atoms with Crippen molar-refractivity contribution >= 4 is 11.8 Å². The minimum Gasteiger partial charge on any atom is -0.342 e. The van der Waals surface area contributed by atoms with Crippen molar-refractivity contribution in [3.05, 3.63) is 0 Å². The molecule has 3 fully saturated rings. The van der Waals surface area contributed by atoms with Gasteiger partial charge in [0, 0.05) is 39.3 Å². The number of amides is 2. The van der Waals surface area contributed by atoms with Gasteiger partial charge in [0.1, 0.15) is 0 Å². The third-order valence-corrected chi connectivity index (χ3v) is 6.20. The lowest BCUT2D eigenvalue weighted by Crippen LogP contribution is -2.51. The van der Waals surface area contributed by atoms with Gasteiger partial charge in [-0.3, -0.25) is 14.5 Å². The van der Waals surface area contributed by atoms with Gasteiger partial charge in [-0.2, -0.15) is 0 Å². The molecule has 1 atom stereocenters. The van der Waals surface area contributed by atoms with Gasteiger partial charge in [-0.15, -0.1) is 0 Å². The number of carbonyl (C=O) groups excluding carboxylic acids is 2. The molecule has 0 aromatic carbocycles. The van der Waals surface area contributed by atoms with Crippen molar-refractivity contribution in [1.82, 2.24) is 19.6 Å². The first-order chi connectivity index (χ1) is 12.0. The Morgan fingerprint density at radius 3 is 2.68 bits per heavy atom. The minimum atomic E-state index is -0.290. The molecule has 6 heteroatoms. The fourth-order valence-electron chi connectivity index (χ4n) is 4.65. The molecule has 0 bridgehead atoms.